The van der Waals surface area contributed by atoms with Crippen LogP contribution in [0, 0.1) is 0 Å². The molecular formula is C28H37N3O7S. The molecule has 2 aromatic rings. The van der Waals surface area contributed by atoms with Crippen molar-refractivity contribution in [1.82, 2.24) is 10.2 Å². The molecule has 1 aliphatic heterocycles. The molecule has 0 aromatic heterocycles. The van der Waals surface area contributed by atoms with Gasteiger partial charge in [-0.1, -0.05) is 31.9 Å². The zero-order chi connectivity index (χ0) is 28.0. The van der Waals surface area contributed by atoms with Crippen LogP contribution in [-0.2, 0) is 26.2 Å². The molecule has 1 fully saturated rings. The second-order valence-corrected chi connectivity index (χ2v) is 11.9. The van der Waals surface area contributed by atoms with Crippen molar-refractivity contribution in [2.75, 3.05) is 30.5 Å². The Bertz CT molecular complexity index is 1280. The lowest BCUT2D eigenvalue weighted by molar-refractivity contribution is -0.140. The Morgan fingerprint density at radius 1 is 1.08 bits per heavy atom. The maximum atomic E-state index is 14.0. The Balaban J connectivity index is 1.65. The lowest BCUT2D eigenvalue weighted by Gasteiger charge is -2.33. The SMILES string of the molecule is CC[C@H](C(=O)NC1CCCC1)N(Cc1cccc(OC)c1)C(=O)CN(c1ccc2c(c1)OCO2)S(=O)(=O)CC. The smallest absolute Gasteiger partial charge is 0.244 e. The Morgan fingerprint density at radius 2 is 1.82 bits per heavy atom. The van der Waals surface area contributed by atoms with Crippen molar-refractivity contribution in [3.05, 3.63) is 48.0 Å². The molecule has 1 N–H and O–H groups in total. The van der Waals surface area contributed by atoms with Crippen LogP contribution in [0.1, 0.15) is 51.5 Å². The number of fused-ring (bicyclic) bond motifs is 1. The first-order valence-electron chi connectivity index (χ1n) is 13.4. The molecule has 11 heteroatoms. The predicted molar refractivity (Wildman–Crippen MR) is 147 cm³/mol. The van der Waals surface area contributed by atoms with E-state index in [9.17, 15) is 18.0 Å². The maximum Gasteiger partial charge on any atom is 0.244 e. The third-order valence-corrected chi connectivity index (χ3v) is 8.94. The number of hydrogen-bond donors (Lipinski definition) is 1. The summed E-state index contributed by atoms with van der Waals surface area (Å²) in [7, 11) is -2.28. The van der Waals surface area contributed by atoms with Crippen molar-refractivity contribution in [3.8, 4) is 17.2 Å². The van der Waals surface area contributed by atoms with E-state index in [1.54, 1.807) is 37.4 Å². The van der Waals surface area contributed by atoms with Gasteiger partial charge in [-0.15, -0.1) is 0 Å². The van der Waals surface area contributed by atoms with E-state index in [0.29, 0.717) is 29.4 Å². The summed E-state index contributed by atoms with van der Waals surface area (Å²) in [4.78, 5) is 28.9. The summed E-state index contributed by atoms with van der Waals surface area (Å²) in [5.74, 6) is 0.623. The second-order valence-electron chi connectivity index (χ2n) is 9.73. The molecule has 1 saturated carbocycles. The molecule has 1 atom stereocenters. The Labute approximate surface area is 230 Å². The molecule has 2 aromatic carbocycles. The van der Waals surface area contributed by atoms with Crippen LogP contribution in [-0.4, -0.2) is 63.4 Å². The van der Waals surface area contributed by atoms with Gasteiger partial charge in [-0.3, -0.25) is 13.9 Å². The van der Waals surface area contributed by atoms with E-state index in [0.717, 1.165) is 35.6 Å². The first kappa shape index (κ1) is 28.5. The van der Waals surface area contributed by atoms with Gasteiger partial charge in [0, 0.05) is 18.7 Å². The number of benzene rings is 2. The van der Waals surface area contributed by atoms with Crippen LogP contribution < -0.4 is 23.8 Å². The number of rotatable bonds is 12. The van der Waals surface area contributed by atoms with Crippen molar-refractivity contribution < 1.29 is 32.2 Å². The predicted octanol–water partition coefficient (Wildman–Crippen LogP) is 3.45. The quantitative estimate of drug-likeness (QED) is 0.424. The standard InChI is InChI=1S/C28H37N3O7S/c1-4-24(28(33)29-21-10-6-7-11-21)30(17-20-9-8-12-23(15-20)36-3)27(32)18-31(39(34,35)5-2)22-13-14-25-26(16-22)38-19-37-25/h8-9,12-16,21,24H,4-7,10-11,17-19H2,1-3H3,(H,29,33)/t24-/m1/s1. The number of sulfonamides is 1. The summed E-state index contributed by atoms with van der Waals surface area (Å²) in [6.45, 7) is 3.07. The highest BCUT2D eigenvalue weighted by molar-refractivity contribution is 7.92. The van der Waals surface area contributed by atoms with E-state index in [1.807, 2.05) is 19.1 Å². The highest BCUT2D eigenvalue weighted by atomic mass is 32.2. The van der Waals surface area contributed by atoms with Gasteiger partial charge in [-0.2, -0.15) is 0 Å². The largest absolute Gasteiger partial charge is 0.497 e. The van der Waals surface area contributed by atoms with Crippen molar-refractivity contribution in [1.29, 1.82) is 0 Å². The summed E-state index contributed by atoms with van der Waals surface area (Å²) in [6, 6.07) is 11.4. The van der Waals surface area contributed by atoms with Crippen LogP contribution in [0.5, 0.6) is 17.2 Å². The van der Waals surface area contributed by atoms with E-state index in [1.165, 1.54) is 11.8 Å². The number of nitrogens with zero attached hydrogens (tertiary/aromatic N) is 2. The zero-order valence-electron chi connectivity index (χ0n) is 22.7. The normalized spacial score (nSPS) is 15.6. The Hall–Kier alpha value is -3.47. The zero-order valence-corrected chi connectivity index (χ0v) is 23.5. The third-order valence-electron chi connectivity index (χ3n) is 7.20. The van der Waals surface area contributed by atoms with Crippen molar-refractivity contribution in [2.45, 2.75) is 64.6 Å². The fraction of sp³-hybridized carbons (Fsp3) is 0.500. The van der Waals surface area contributed by atoms with Crippen LogP contribution in [0.4, 0.5) is 5.69 Å². The van der Waals surface area contributed by atoms with Gasteiger partial charge in [0.1, 0.15) is 18.3 Å². The second kappa shape index (κ2) is 12.6. The first-order chi connectivity index (χ1) is 18.7. The Morgan fingerprint density at radius 3 is 2.51 bits per heavy atom. The lowest BCUT2D eigenvalue weighted by Crippen LogP contribution is -2.53. The average molecular weight is 560 g/mol. The van der Waals surface area contributed by atoms with E-state index < -0.39 is 28.5 Å². The fourth-order valence-electron chi connectivity index (χ4n) is 5.01. The molecule has 4 rings (SSSR count). The molecule has 0 spiro atoms. The highest BCUT2D eigenvalue weighted by Crippen LogP contribution is 2.36. The topological polar surface area (TPSA) is 114 Å². The van der Waals surface area contributed by atoms with E-state index in [-0.39, 0.29) is 31.0 Å². The summed E-state index contributed by atoms with van der Waals surface area (Å²) >= 11 is 0. The molecule has 0 radical (unpaired) electrons. The van der Waals surface area contributed by atoms with Crippen LogP contribution in [0.25, 0.3) is 0 Å². The van der Waals surface area contributed by atoms with Crippen LogP contribution in [0.3, 0.4) is 0 Å². The summed E-state index contributed by atoms with van der Waals surface area (Å²) in [5.41, 5.74) is 1.06. The summed E-state index contributed by atoms with van der Waals surface area (Å²) in [5, 5.41) is 3.11. The third kappa shape index (κ3) is 6.76. The lowest BCUT2D eigenvalue weighted by atomic mass is 10.1. The number of ether oxygens (including phenoxy) is 3. The molecule has 10 nitrogen and oxygen atoms in total. The van der Waals surface area contributed by atoms with Gasteiger partial charge in [-0.05, 0) is 56.0 Å². The van der Waals surface area contributed by atoms with Crippen LogP contribution >= 0.6 is 0 Å². The van der Waals surface area contributed by atoms with Crippen LogP contribution in [0.2, 0.25) is 0 Å². The molecule has 0 saturated heterocycles. The average Bonchev–Trinajstić information content (AvgIpc) is 3.63. The van der Waals surface area contributed by atoms with Gasteiger partial charge >= 0.3 is 0 Å². The molecule has 1 aliphatic carbocycles. The number of carbonyl (C=O) groups excluding carboxylic acids is 2. The van der Waals surface area contributed by atoms with E-state index in [4.69, 9.17) is 14.2 Å². The van der Waals surface area contributed by atoms with Gasteiger partial charge in [0.05, 0.1) is 18.6 Å². The minimum absolute atomic E-state index is 0.0425. The molecular weight excluding hydrogens is 522 g/mol. The number of anilines is 1. The van der Waals surface area contributed by atoms with Crippen molar-refractivity contribution in [3.63, 3.8) is 0 Å². The van der Waals surface area contributed by atoms with Crippen LogP contribution in [0.15, 0.2) is 42.5 Å². The monoisotopic (exact) mass is 559 g/mol. The van der Waals surface area contributed by atoms with E-state index in [2.05, 4.69) is 5.32 Å². The summed E-state index contributed by atoms with van der Waals surface area (Å²) < 4.78 is 43.6. The van der Waals surface area contributed by atoms with Crippen molar-refractivity contribution >= 4 is 27.5 Å². The fourth-order valence-corrected chi connectivity index (χ4v) is 6.07. The summed E-state index contributed by atoms with van der Waals surface area (Å²) in [6.07, 6.45) is 4.33. The molecule has 1 heterocycles. The molecule has 2 aliphatic rings. The Kier molecular flexibility index (Phi) is 9.21. The van der Waals surface area contributed by atoms with Gasteiger partial charge < -0.3 is 24.4 Å². The number of methoxy groups -OCH3 is 1. The minimum Gasteiger partial charge on any atom is -0.497 e. The number of carbonyl (C=O) groups is 2. The van der Waals surface area contributed by atoms with Gasteiger partial charge in [-0.25, -0.2) is 8.42 Å². The highest BCUT2D eigenvalue weighted by Gasteiger charge is 2.34. The van der Waals surface area contributed by atoms with Gasteiger partial charge in [0.2, 0.25) is 28.6 Å². The molecule has 212 valence electrons. The van der Waals surface area contributed by atoms with Gasteiger partial charge in [0.15, 0.2) is 11.5 Å². The van der Waals surface area contributed by atoms with Crippen molar-refractivity contribution in [2.24, 2.45) is 0 Å². The number of nitrogens with one attached hydrogen (secondary N) is 1. The number of amides is 2. The molecule has 2 amide bonds. The number of hydrogen-bond acceptors (Lipinski definition) is 7. The molecule has 0 unspecified atom stereocenters. The minimum atomic E-state index is -3.85. The van der Waals surface area contributed by atoms with E-state index >= 15 is 0 Å². The van der Waals surface area contributed by atoms with Gasteiger partial charge in [0.25, 0.3) is 0 Å². The maximum absolute atomic E-state index is 14.0. The molecule has 39 heavy (non-hydrogen) atoms. The molecule has 0 bridgehead atoms. The first-order valence-corrected chi connectivity index (χ1v) is 15.0.